The van der Waals surface area contributed by atoms with Crippen LogP contribution in [0.5, 0.6) is 0 Å². The van der Waals surface area contributed by atoms with Crippen molar-refractivity contribution in [1.82, 2.24) is 15.2 Å². The van der Waals surface area contributed by atoms with E-state index in [1.807, 2.05) is 47.4 Å². The van der Waals surface area contributed by atoms with Crippen molar-refractivity contribution in [3.63, 3.8) is 0 Å². The van der Waals surface area contributed by atoms with Crippen molar-refractivity contribution < 1.29 is 14.4 Å². The standard InChI is InChI=1S/C32H38N6O3/c33-26-8-10-27(11-9-26)35-32(41)25-7-12-29(28(22-25)36-31(40)24-13-15-34-16-14-24)37-17-4-18-38(20-19-37)30(39)21-23-5-2-1-3-6-23/h1-3,5-7,12-16,22,26-27H,4,8-11,17-21,33H2,(H,35,41)(H,36,40). The molecule has 1 saturated carbocycles. The third-order valence-electron chi connectivity index (χ3n) is 7.94. The molecule has 4 N–H and O–H groups in total. The van der Waals surface area contributed by atoms with Crippen LogP contribution in [0, 0.1) is 0 Å². The Morgan fingerprint density at radius 3 is 2.34 bits per heavy atom. The summed E-state index contributed by atoms with van der Waals surface area (Å²) in [5.41, 5.74) is 9.39. The van der Waals surface area contributed by atoms with Gasteiger partial charge in [0, 0.05) is 61.8 Å². The van der Waals surface area contributed by atoms with Crippen molar-refractivity contribution in [2.45, 2.75) is 50.6 Å². The van der Waals surface area contributed by atoms with Gasteiger partial charge in [-0.15, -0.1) is 0 Å². The molecule has 1 aromatic heterocycles. The molecule has 2 heterocycles. The van der Waals surface area contributed by atoms with Crippen LogP contribution in [0.25, 0.3) is 0 Å². The van der Waals surface area contributed by atoms with Gasteiger partial charge in [0.25, 0.3) is 11.8 Å². The molecule has 2 aliphatic rings. The van der Waals surface area contributed by atoms with Crippen molar-refractivity contribution in [3.8, 4) is 0 Å². The van der Waals surface area contributed by atoms with Gasteiger partial charge in [-0.2, -0.15) is 0 Å². The minimum atomic E-state index is -0.276. The first-order valence-electron chi connectivity index (χ1n) is 14.4. The number of rotatable bonds is 7. The lowest BCUT2D eigenvalue weighted by atomic mass is 9.91. The highest BCUT2D eigenvalue weighted by atomic mass is 16.2. The fraction of sp³-hybridized carbons (Fsp3) is 0.375. The van der Waals surface area contributed by atoms with E-state index in [2.05, 4.69) is 20.5 Å². The fourth-order valence-electron chi connectivity index (χ4n) is 5.57. The minimum absolute atomic E-state index is 0.0989. The van der Waals surface area contributed by atoms with Crippen molar-refractivity contribution in [2.75, 3.05) is 36.4 Å². The summed E-state index contributed by atoms with van der Waals surface area (Å²) in [6, 6.07) is 18.9. The molecule has 5 rings (SSSR count). The number of carbonyl (C=O) groups excluding carboxylic acids is 3. The van der Waals surface area contributed by atoms with Gasteiger partial charge in [0.05, 0.1) is 17.8 Å². The lowest BCUT2D eigenvalue weighted by Crippen LogP contribution is -2.40. The number of benzene rings is 2. The van der Waals surface area contributed by atoms with Crippen molar-refractivity contribution >= 4 is 29.1 Å². The van der Waals surface area contributed by atoms with Gasteiger partial charge < -0.3 is 26.2 Å². The van der Waals surface area contributed by atoms with Gasteiger partial charge in [-0.3, -0.25) is 19.4 Å². The summed E-state index contributed by atoms with van der Waals surface area (Å²) in [7, 11) is 0. The molecule has 3 amide bonds. The van der Waals surface area contributed by atoms with Gasteiger partial charge >= 0.3 is 0 Å². The molecule has 41 heavy (non-hydrogen) atoms. The first-order valence-corrected chi connectivity index (χ1v) is 14.4. The van der Waals surface area contributed by atoms with E-state index in [-0.39, 0.29) is 29.8 Å². The van der Waals surface area contributed by atoms with Crippen LogP contribution < -0.4 is 21.3 Å². The molecule has 214 valence electrons. The Morgan fingerprint density at radius 1 is 0.829 bits per heavy atom. The summed E-state index contributed by atoms with van der Waals surface area (Å²) in [5.74, 6) is -0.327. The number of nitrogens with zero attached hydrogens (tertiary/aromatic N) is 3. The van der Waals surface area contributed by atoms with Crippen LogP contribution in [0.3, 0.4) is 0 Å². The lowest BCUT2D eigenvalue weighted by Gasteiger charge is -2.28. The molecular formula is C32H38N6O3. The topological polar surface area (TPSA) is 121 Å². The Bertz CT molecular complexity index is 1340. The SMILES string of the molecule is NC1CCC(NC(=O)c2ccc(N3CCCN(C(=O)Cc4ccccc4)CC3)c(NC(=O)c3ccncc3)c2)CC1. The van der Waals surface area contributed by atoms with Gasteiger partial charge in [-0.1, -0.05) is 30.3 Å². The zero-order valence-corrected chi connectivity index (χ0v) is 23.3. The molecule has 0 atom stereocenters. The largest absolute Gasteiger partial charge is 0.368 e. The summed E-state index contributed by atoms with van der Waals surface area (Å²) >= 11 is 0. The summed E-state index contributed by atoms with van der Waals surface area (Å²) in [6.45, 7) is 2.59. The minimum Gasteiger partial charge on any atom is -0.368 e. The molecule has 0 unspecified atom stereocenters. The number of anilines is 2. The number of carbonyl (C=O) groups is 3. The van der Waals surface area contributed by atoms with E-state index in [0.29, 0.717) is 42.9 Å². The lowest BCUT2D eigenvalue weighted by molar-refractivity contribution is -0.130. The highest BCUT2D eigenvalue weighted by molar-refractivity contribution is 6.07. The monoisotopic (exact) mass is 554 g/mol. The predicted octanol–water partition coefficient (Wildman–Crippen LogP) is 3.62. The van der Waals surface area contributed by atoms with Gasteiger partial charge in [0.2, 0.25) is 5.91 Å². The molecule has 0 bridgehead atoms. The number of amides is 3. The third kappa shape index (κ3) is 7.49. The number of aromatic nitrogens is 1. The van der Waals surface area contributed by atoms with E-state index in [1.54, 1.807) is 30.6 Å². The Labute approximate surface area is 241 Å². The van der Waals surface area contributed by atoms with E-state index in [1.165, 1.54) is 0 Å². The first kappa shape index (κ1) is 28.3. The summed E-state index contributed by atoms with van der Waals surface area (Å²) in [6.07, 6.45) is 7.86. The molecule has 1 aliphatic heterocycles. The molecule has 0 spiro atoms. The van der Waals surface area contributed by atoms with Gasteiger partial charge in [0.1, 0.15) is 0 Å². The van der Waals surface area contributed by atoms with Crippen LogP contribution in [0.4, 0.5) is 11.4 Å². The fourth-order valence-corrected chi connectivity index (χ4v) is 5.57. The second-order valence-corrected chi connectivity index (χ2v) is 10.9. The second-order valence-electron chi connectivity index (χ2n) is 10.9. The molecule has 9 heteroatoms. The zero-order chi connectivity index (χ0) is 28.6. The Kier molecular flexibility index (Phi) is 9.26. The maximum absolute atomic E-state index is 13.2. The second kappa shape index (κ2) is 13.4. The van der Waals surface area contributed by atoms with Crippen LogP contribution in [0.1, 0.15) is 58.4 Å². The molecule has 2 fully saturated rings. The summed E-state index contributed by atoms with van der Waals surface area (Å²) in [4.78, 5) is 47.5. The van der Waals surface area contributed by atoms with Gasteiger partial charge in [-0.25, -0.2) is 0 Å². The van der Waals surface area contributed by atoms with Crippen LogP contribution >= 0.6 is 0 Å². The number of nitrogens with two attached hydrogens (primary N) is 1. The summed E-state index contributed by atoms with van der Waals surface area (Å²) < 4.78 is 0. The smallest absolute Gasteiger partial charge is 0.255 e. The van der Waals surface area contributed by atoms with Gasteiger partial charge in [-0.05, 0) is 68.0 Å². The van der Waals surface area contributed by atoms with Crippen LogP contribution in [0.2, 0.25) is 0 Å². The average Bonchev–Trinajstić information content (AvgIpc) is 3.26. The van der Waals surface area contributed by atoms with Crippen molar-refractivity contribution in [3.05, 3.63) is 89.7 Å². The van der Waals surface area contributed by atoms with Crippen molar-refractivity contribution in [2.24, 2.45) is 5.73 Å². The highest BCUT2D eigenvalue weighted by Crippen LogP contribution is 2.29. The van der Waals surface area contributed by atoms with E-state index >= 15 is 0 Å². The maximum atomic E-state index is 13.2. The molecular weight excluding hydrogens is 516 g/mol. The quantitative estimate of drug-likeness (QED) is 0.410. The molecule has 1 saturated heterocycles. The first-order chi connectivity index (χ1) is 20.0. The van der Waals surface area contributed by atoms with Crippen molar-refractivity contribution in [1.29, 1.82) is 0 Å². The number of hydrogen-bond donors (Lipinski definition) is 3. The molecule has 9 nitrogen and oxygen atoms in total. The zero-order valence-electron chi connectivity index (χ0n) is 23.3. The molecule has 0 radical (unpaired) electrons. The molecule has 2 aromatic carbocycles. The Hall–Kier alpha value is -4.24. The van der Waals surface area contributed by atoms with E-state index in [4.69, 9.17) is 5.73 Å². The molecule has 3 aromatic rings. The number of pyridine rings is 1. The van der Waals surface area contributed by atoms with Gasteiger partial charge in [0.15, 0.2) is 0 Å². The maximum Gasteiger partial charge on any atom is 0.255 e. The molecule has 1 aliphatic carbocycles. The highest BCUT2D eigenvalue weighted by Gasteiger charge is 2.24. The summed E-state index contributed by atoms with van der Waals surface area (Å²) in [5, 5.41) is 6.17. The Morgan fingerprint density at radius 2 is 1.59 bits per heavy atom. The predicted molar refractivity (Wildman–Crippen MR) is 160 cm³/mol. The average molecular weight is 555 g/mol. The van der Waals surface area contributed by atoms with Crippen LogP contribution in [-0.2, 0) is 11.2 Å². The van der Waals surface area contributed by atoms with E-state index in [0.717, 1.165) is 49.9 Å². The number of hydrogen-bond acceptors (Lipinski definition) is 6. The number of nitrogens with one attached hydrogen (secondary N) is 2. The van der Waals surface area contributed by atoms with E-state index < -0.39 is 0 Å². The van der Waals surface area contributed by atoms with Crippen LogP contribution in [-0.4, -0.2) is 65.9 Å². The third-order valence-corrected chi connectivity index (χ3v) is 7.94. The van der Waals surface area contributed by atoms with E-state index in [9.17, 15) is 14.4 Å². The normalized spacial score (nSPS) is 19.2. The Balaban J connectivity index is 1.32. The van der Waals surface area contributed by atoms with Crippen LogP contribution in [0.15, 0.2) is 73.1 Å².